The zero-order chi connectivity index (χ0) is 17.4. The van der Waals surface area contributed by atoms with E-state index in [0.717, 1.165) is 11.1 Å². The van der Waals surface area contributed by atoms with Crippen LogP contribution in [0.5, 0.6) is 0 Å². The van der Waals surface area contributed by atoms with Gasteiger partial charge in [-0.25, -0.2) is 4.90 Å². The number of rotatable bonds is 4. The molecule has 2 aromatic carbocycles. The number of halogens is 2. The minimum Gasteiger partial charge on any atom is -0.396 e. The molecule has 4 nitrogen and oxygen atoms in total. The lowest BCUT2D eigenvalue weighted by molar-refractivity contribution is -0.0622. The summed E-state index contributed by atoms with van der Waals surface area (Å²) < 4.78 is 12.3. The first kappa shape index (κ1) is 17.3. The van der Waals surface area contributed by atoms with Gasteiger partial charge in [-0.2, -0.15) is 0 Å². The summed E-state index contributed by atoms with van der Waals surface area (Å²) in [5.74, 6) is 0. The Hall–Kier alpha value is -1.14. The Morgan fingerprint density at radius 3 is 1.84 bits per heavy atom. The predicted octanol–water partition coefficient (Wildman–Crippen LogP) is 4.17. The Kier molecular flexibility index (Phi) is 4.75. The van der Waals surface area contributed by atoms with E-state index in [1.807, 2.05) is 48.5 Å². The van der Waals surface area contributed by atoms with Crippen LogP contribution in [0.3, 0.4) is 0 Å². The first-order valence-corrected chi connectivity index (χ1v) is 9.03. The summed E-state index contributed by atoms with van der Waals surface area (Å²) in [6, 6.07) is 15.3. The Bertz CT molecular complexity index is 712. The van der Waals surface area contributed by atoms with Crippen LogP contribution in [0.4, 0.5) is 0 Å². The Balaban J connectivity index is 1.78. The molecule has 2 fully saturated rings. The van der Waals surface area contributed by atoms with Crippen LogP contribution in [0, 0.1) is 0 Å². The van der Waals surface area contributed by atoms with Crippen molar-refractivity contribution in [2.24, 2.45) is 0 Å². The fourth-order valence-corrected chi connectivity index (χ4v) is 4.21. The third-order valence-corrected chi connectivity index (χ3v) is 5.68. The van der Waals surface area contributed by atoms with Crippen LogP contribution in [-0.2, 0) is 9.47 Å². The maximum atomic E-state index is 9.60. The fraction of sp³-hybridized carbons (Fsp3) is 0.368. The van der Waals surface area contributed by atoms with E-state index < -0.39 is 0 Å². The molecule has 0 amide bonds. The van der Waals surface area contributed by atoms with Crippen LogP contribution < -0.4 is 0 Å². The van der Waals surface area contributed by atoms with Crippen LogP contribution in [0.2, 0.25) is 10.0 Å². The molecule has 2 aliphatic rings. The van der Waals surface area contributed by atoms with E-state index in [1.54, 1.807) is 0 Å². The van der Waals surface area contributed by atoms with Gasteiger partial charge in [0.25, 0.3) is 0 Å². The number of hydrogen-bond donors (Lipinski definition) is 1. The summed E-state index contributed by atoms with van der Waals surface area (Å²) >= 11 is 12.8. The van der Waals surface area contributed by atoms with Crippen molar-refractivity contribution in [1.29, 1.82) is 0 Å². The molecule has 0 aromatic heterocycles. The Labute approximate surface area is 156 Å². The number of fused-ring (bicyclic) bond motifs is 1. The van der Waals surface area contributed by atoms with Gasteiger partial charge >= 0.3 is 0 Å². The molecular weight excluding hydrogens is 361 g/mol. The number of aliphatic hydroxyl groups is 1. The van der Waals surface area contributed by atoms with Gasteiger partial charge in [0.1, 0.15) is 12.5 Å². The van der Waals surface area contributed by atoms with Crippen LogP contribution in [0.15, 0.2) is 48.5 Å². The van der Waals surface area contributed by atoms with Crippen LogP contribution in [-0.4, -0.2) is 35.4 Å². The summed E-state index contributed by atoms with van der Waals surface area (Å²) in [4.78, 5) is 2.17. The molecule has 0 bridgehead atoms. The van der Waals surface area contributed by atoms with Gasteiger partial charge in [0.2, 0.25) is 0 Å². The van der Waals surface area contributed by atoms with Crippen molar-refractivity contribution in [2.45, 2.75) is 24.4 Å². The summed E-state index contributed by atoms with van der Waals surface area (Å²) in [7, 11) is 0. The average Bonchev–Trinajstić information content (AvgIpc) is 3.14. The molecule has 6 heteroatoms. The molecular formula is C19H19Cl2NO3. The number of nitrogens with zero attached hydrogens (tertiary/aromatic N) is 1. The third-order valence-electron chi connectivity index (χ3n) is 4.99. The van der Waals surface area contributed by atoms with Crippen LogP contribution in [0.25, 0.3) is 0 Å². The largest absolute Gasteiger partial charge is 0.396 e. The Morgan fingerprint density at radius 2 is 1.40 bits per heavy atom. The molecule has 2 saturated heterocycles. The zero-order valence-electron chi connectivity index (χ0n) is 13.6. The van der Waals surface area contributed by atoms with E-state index in [0.29, 0.717) is 29.7 Å². The lowest BCUT2D eigenvalue weighted by Gasteiger charge is -2.34. The van der Waals surface area contributed by atoms with Crippen molar-refractivity contribution >= 4 is 23.2 Å². The summed E-state index contributed by atoms with van der Waals surface area (Å²) in [5, 5.41) is 10.9. The van der Waals surface area contributed by atoms with E-state index in [4.69, 9.17) is 32.7 Å². The summed E-state index contributed by atoms with van der Waals surface area (Å²) in [6.07, 6.45) is -0.123. The molecule has 3 atom stereocenters. The second-order valence-electron chi connectivity index (χ2n) is 6.47. The molecule has 0 unspecified atom stereocenters. The molecule has 2 aromatic rings. The number of aliphatic hydroxyl groups excluding tert-OH is 1. The molecule has 0 saturated carbocycles. The fourth-order valence-electron chi connectivity index (χ4n) is 3.75. The quantitative estimate of drug-likeness (QED) is 0.865. The van der Waals surface area contributed by atoms with Gasteiger partial charge in [0.15, 0.2) is 0 Å². The van der Waals surface area contributed by atoms with Crippen LogP contribution in [0.1, 0.15) is 30.0 Å². The lowest BCUT2D eigenvalue weighted by atomic mass is 9.96. The van der Waals surface area contributed by atoms with Gasteiger partial charge in [-0.3, -0.25) is 0 Å². The van der Waals surface area contributed by atoms with Gasteiger partial charge in [-0.15, -0.1) is 0 Å². The molecule has 2 heterocycles. The van der Waals surface area contributed by atoms with Gasteiger partial charge < -0.3 is 14.6 Å². The van der Waals surface area contributed by atoms with Crippen molar-refractivity contribution in [1.82, 2.24) is 4.90 Å². The molecule has 25 heavy (non-hydrogen) atoms. The molecule has 132 valence electrons. The van der Waals surface area contributed by atoms with Crippen molar-refractivity contribution in [3.05, 3.63) is 69.7 Å². The maximum absolute atomic E-state index is 9.60. The summed E-state index contributed by atoms with van der Waals surface area (Å²) in [5.41, 5.74) is 1.40. The SMILES string of the molecule is OCC[C@]12CO[C@H](c3ccccc3Cl)N1[C@H](c1ccccc1Cl)OC2. The molecule has 0 spiro atoms. The smallest absolute Gasteiger partial charge is 0.141 e. The van der Waals surface area contributed by atoms with E-state index in [-0.39, 0.29) is 24.6 Å². The van der Waals surface area contributed by atoms with Gasteiger partial charge in [-0.1, -0.05) is 59.6 Å². The van der Waals surface area contributed by atoms with Crippen LogP contribution >= 0.6 is 23.2 Å². The highest BCUT2D eigenvalue weighted by atomic mass is 35.5. The summed E-state index contributed by atoms with van der Waals surface area (Å²) in [6.45, 7) is 1.02. The monoisotopic (exact) mass is 379 g/mol. The number of hydrogen-bond acceptors (Lipinski definition) is 4. The first-order chi connectivity index (χ1) is 12.2. The molecule has 4 rings (SSSR count). The minimum absolute atomic E-state index is 0.0632. The van der Waals surface area contributed by atoms with E-state index in [1.165, 1.54) is 0 Å². The standard InChI is InChI=1S/C19H19Cl2NO3/c20-15-7-3-1-5-13(15)17-22-18(14-6-2-4-8-16(14)21)25-12-19(22,9-10-23)11-24-17/h1-8,17-18,23H,9-12H2/t17-,18+,19-. The first-order valence-electron chi connectivity index (χ1n) is 8.28. The highest BCUT2D eigenvalue weighted by Crippen LogP contribution is 2.51. The lowest BCUT2D eigenvalue weighted by Crippen LogP contribution is -2.45. The normalized spacial score (nSPS) is 29.1. The van der Waals surface area contributed by atoms with E-state index in [2.05, 4.69) is 4.90 Å². The second kappa shape index (κ2) is 6.88. The molecule has 0 radical (unpaired) electrons. The van der Waals surface area contributed by atoms with Gasteiger partial charge in [-0.05, 0) is 18.6 Å². The highest BCUT2D eigenvalue weighted by molar-refractivity contribution is 6.31. The third kappa shape index (κ3) is 2.87. The molecule has 2 aliphatic heterocycles. The second-order valence-corrected chi connectivity index (χ2v) is 7.29. The van der Waals surface area contributed by atoms with Crippen molar-refractivity contribution in [2.75, 3.05) is 19.8 Å². The maximum Gasteiger partial charge on any atom is 0.141 e. The predicted molar refractivity (Wildman–Crippen MR) is 96.6 cm³/mol. The Morgan fingerprint density at radius 1 is 0.920 bits per heavy atom. The highest BCUT2D eigenvalue weighted by Gasteiger charge is 2.56. The van der Waals surface area contributed by atoms with E-state index >= 15 is 0 Å². The van der Waals surface area contributed by atoms with Crippen molar-refractivity contribution in [3.63, 3.8) is 0 Å². The molecule has 1 N–H and O–H groups in total. The van der Waals surface area contributed by atoms with E-state index in [9.17, 15) is 5.11 Å². The number of benzene rings is 2. The van der Waals surface area contributed by atoms with Gasteiger partial charge in [0.05, 0.1) is 18.8 Å². The van der Waals surface area contributed by atoms with Gasteiger partial charge in [0, 0.05) is 27.8 Å². The zero-order valence-corrected chi connectivity index (χ0v) is 15.1. The molecule has 0 aliphatic carbocycles. The number of ether oxygens (including phenoxy) is 2. The minimum atomic E-state index is -0.386. The van der Waals surface area contributed by atoms with Crippen molar-refractivity contribution in [3.8, 4) is 0 Å². The van der Waals surface area contributed by atoms with Crippen molar-refractivity contribution < 1.29 is 14.6 Å². The average molecular weight is 380 g/mol. The topological polar surface area (TPSA) is 41.9 Å².